The van der Waals surface area contributed by atoms with Crippen molar-refractivity contribution in [2.45, 2.75) is 6.54 Å². The summed E-state index contributed by atoms with van der Waals surface area (Å²) in [5, 5.41) is 4.03. The van der Waals surface area contributed by atoms with Gasteiger partial charge in [0.25, 0.3) is 0 Å². The lowest BCUT2D eigenvalue weighted by atomic mass is 10.3. The molecule has 1 aromatic carbocycles. The topological polar surface area (TPSA) is 27.8 Å². The molecule has 0 amide bonds. The second kappa shape index (κ2) is 4.73. The maximum atomic E-state index is 5.85. The first kappa shape index (κ1) is 10.6. The lowest BCUT2D eigenvalue weighted by Crippen LogP contribution is -1.99. The van der Waals surface area contributed by atoms with Crippen LogP contribution >= 0.6 is 27.5 Å². The minimum atomic E-state index is 0.729. The van der Waals surface area contributed by atoms with Crippen LogP contribution in [0.15, 0.2) is 41.0 Å². The average Bonchev–Trinajstić information content (AvgIpc) is 2.69. The van der Waals surface area contributed by atoms with Crippen LogP contribution in [-0.2, 0) is 6.54 Å². The van der Waals surface area contributed by atoms with Gasteiger partial charge >= 0.3 is 0 Å². The minimum absolute atomic E-state index is 0.729. The number of hydrogen-bond acceptors (Lipinski definition) is 1. The molecule has 78 valence electrons. The van der Waals surface area contributed by atoms with Gasteiger partial charge in [-0.1, -0.05) is 11.6 Å². The highest BCUT2D eigenvalue weighted by Crippen LogP contribution is 2.26. The number of H-pyrrole nitrogens is 1. The van der Waals surface area contributed by atoms with Crippen molar-refractivity contribution in [2.24, 2.45) is 0 Å². The zero-order valence-electron chi connectivity index (χ0n) is 7.93. The molecule has 1 aromatic heterocycles. The Balaban J connectivity index is 2.05. The monoisotopic (exact) mass is 284 g/mol. The van der Waals surface area contributed by atoms with Gasteiger partial charge in [0, 0.05) is 27.1 Å². The summed E-state index contributed by atoms with van der Waals surface area (Å²) in [4.78, 5) is 3.13. The molecular weight excluding hydrogens is 275 g/mol. The first-order valence-electron chi connectivity index (χ1n) is 4.57. The minimum Gasteiger partial charge on any atom is -0.379 e. The number of benzene rings is 1. The highest BCUT2D eigenvalue weighted by Gasteiger charge is 2.00. The van der Waals surface area contributed by atoms with Crippen LogP contribution in [0.2, 0.25) is 5.02 Å². The molecule has 0 saturated carbocycles. The molecule has 0 aliphatic heterocycles. The highest BCUT2D eigenvalue weighted by molar-refractivity contribution is 9.10. The van der Waals surface area contributed by atoms with Crippen molar-refractivity contribution in [3.63, 3.8) is 0 Å². The van der Waals surface area contributed by atoms with Gasteiger partial charge in [0.05, 0.1) is 6.54 Å². The van der Waals surface area contributed by atoms with Crippen LogP contribution in [-0.4, -0.2) is 4.98 Å². The van der Waals surface area contributed by atoms with Crippen molar-refractivity contribution in [1.82, 2.24) is 4.98 Å². The van der Waals surface area contributed by atoms with Crippen LogP contribution in [0.3, 0.4) is 0 Å². The molecule has 0 saturated heterocycles. The van der Waals surface area contributed by atoms with Crippen LogP contribution in [0, 0.1) is 0 Å². The Morgan fingerprint density at radius 1 is 1.33 bits per heavy atom. The van der Waals surface area contributed by atoms with E-state index in [-0.39, 0.29) is 0 Å². The fraction of sp³-hybridized carbons (Fsp3) is 0.0909. The van der Waals surface area contributed by atoms with E-state index in [0.717, 1.165) is 27.4 Å². The molecule has 1 heterocycles. The number of rotatable bonds is 3. The van der Waals surface area contributed by atoms with Gasteiger partial charge in [0.2, 0.25) is 0 Å². The molecule has 0 spiro atoms. The van der Waals surface area contributed by atoms with Crippen LogP contribution in [0.5, 0.6) is 0 Å². The Labute approximate surface area is 102 Å². The van der Waals surface area contributed by atoms with Crippen LogP contribution in [0.4, 0.5) is 5.69 Å². The van der Waals surface area contributed by atoms with E-state index in [1.165, 1.54) is 0 Å². The summed E-state index contributed by atoms with van der Waals surface area (Å²) in [6, 6.07) is 9.71. The second-order valence-corrected chi connectivity index (χ2v) is 4.46. The van der Waals surface area contributed by atoms with Crippen molar-refractivity contribution < 1.29 is 0 Å². The zero-order valence-corrected chi connectivity index (χ0v) is 10.3. The van der Waals surface area contributed by atoms with E-state index in [2.05, 4.69) is 26.2 Å². The van der Waals surface area contributed by atoms with Gasteiger partial charge in [-0.2, -0.15) is 0 Å². The fourth-order valence-corrected chi connectivity index (χ4v) is 2.12. The third-order valence-corrected chi connectivity index (χ3v) is 2.95. The standard InChI is InChI=1S/C11H10BrClN2/c12-10-6-8(13)3-4-11(10)15-7-9-2-1-5-14-9/h1-6,14-15H,7H2. The molecular formula is C11H10BrClN2. The fourth-order valence-electron chi connectivity index (χ4n) is 1.30. The number of aromatic nitrogens is 1. The van der Waals surface area contributed by atoms with Gasteiger partial charge in [0.15, 0.2) is 0 Å². The van der Waals surface area contributed by atoms with Crippen LogP contribution in [0.1, 0.15) is 5.69 Å². The summed E-state index contributed by atoms with van der Waals surface area (Å²) < 4.78 is 0.974. The first-order valence-corrected chi connectivity index (χ1v) is 5.74. The van der Waals surface area contributed by atoms with E-state index in [1.807, 2.05) is 36.5 Å². The Morgan fingerprint density at radius 3 is 2.87 bits per heavy atom. The summed E-state index contributed by atoms with van der Waals surface area (Å²) in [7, 11) is 0. The third kappa shape index (κ3) is 2.76. The number of nitrogens with one attached hydrogen (secondary N) is 2. The quantitative estimate of drug-likeness (QED) is 0.875. The molecule has 0 aliphatic carbocycles. The van der Waals surface area contributed by atoms with Gasteiger partial charge in [-0.15, -0.1) is 0 Å². The van der Waals surface area contributed by atoms with Crippen LogP contribution < -0.4 is 5.32 Å². The van der Waals surface area contributed by atoms with Gasteiger partial charge in [-0.25, -0.2) is 0 Å². The first-order chi connectivity index (χ1) is 7.25. The Hall–Kier alpha value is -0.930. The SMILES string of the molecule is Clc1ccc(NCc2ccc[nH]2)c(Br)c1. The van der Waals surface area contributed by atoms with Gasteiger partial charge in [-0.05, 0) is 46.3 Å². The predicted molar refractivity (Wildman–Crippen MR) is 67.3 cm³/mol. The Kier molecular flexibility index (Phi) is 3.34. The molecule has 0 fully saturated rings. The smallest absolute Gasteiger partial charge is 0.0551 e. The van der Waals surface area contributed by atoms with Crippen molar-refractivity contribution >= 4 is 33.2 Å². The maximum Gasteiger partial charge on any atom is 0.0551 e. The van der Waals surface area contributed by atoms with Crippen molar-refractivity contribution in [1.29, 1.82) is 0 Å². The molecule has 2 nitrogen and oxygen atoms in total. The Morgan fingerprint density at radius 2 is 2.20 bits per heavy atom. The molecule has 2 aromatic rings. The number of aromatic amines is 1. The molecule has 2 N–H and O–H groups in total. The average molecular weight is 286 g/mol. The summed E-state index contributed by atoms with van der Waals surface area (Å²) in [6.45, 7) is 0.771. The summed E-state index contributed by atoms with van der Waals surface area (Å²) >= 11 is 9.31. The molecule has 0 atom stereocenters. The Bertz CT molecular complexity index is 440. The predicted octanol–water partition coefficient (Wildman–Crippen LogP) is 4.04. The van der Waals surface area contributed by atoms with Crippen LogP contribution in [0.25, 0.3) is 0 Å². The molecule has 0 radical (unpaired) electrons. The van der Waals surface area contributed by atoms with Crippen molar-refractivity contribution in [3.8, 4) is 0 Å². The molecule has 2 rings (SSSR count). The lowest BCUT2D eigenvalue weighted by Gasteiger charge is -2.07. The van der Waals surface area contributed by atoms with E-state index in [0.29, 0.717) is 0 Å². The largest absolute Gasteiger partial charge is 0.379 e. The van der Waals surface area contributed by atoms with E-state index < -0.39 is 0 Å². The highest BCUT2D eigenvalue weighted by atomic mass is 79.9. The second-order valence-electron chi connectivity index (χ2n) is 3.17. The maximum absolute atomic E-state index is 5.85. The van der Waals surface area contributed by atoms with Crippen molar-refractivity contribution in [2.75, 3.05) is 5.32 Å². The summed E-state index contributed by atoms with van der Waals surface area (Å²) in [6.07, 6.45) is 1.91. The normalized spacial score (nSPS) is 10.3. The number of hydrogen-bond donors (Lipinski definition) is 2. The summed E-state index contributed by atoms with van der Waals surface area (Å²) in [5.41, 5.74) is 2.19. The van der Waals surface area contributed by atoms with Crippen molar-refractivity contribution in [3.05, 3.63) is 51.7 Å². The molecule has 4 heteroatoms. The van der Waals surface area contributed by atoms with Gasteiger partial charge < -0.3 is 10.3 Å². The van der Waals surface area contributed by atoms with E-state index in [9.17, 15) is 0 Å². The van der Waals surface area contributed by atoms with E-state index in [1.54, 1.807) is 0 Å². The van der Waals surface area contributed by atoms with Gasteiger partial charge in [0.1, 0.15) is 0 Å². The summed E-state index contributed by atoms with van der Waals surface area (Å²) in [5.74, 6) is 0. The molecule has 0 aliphatic rings. The molecule has 15 heavy (non-hydrogen) atoms. The van der Waals surface area contributed by atoms with E-state index >= 15 is 0 Å². The zero-order chi connectivity index (χ0) is 10.7. The van der Waals surface area contributed by atoms with Gasteiger partial charge in [-0.3, -0.25) is 0 Å². The van der Waals surface area contributed by atoms with E-state index in [4.69, 9.17) is 11.6 Å². The molecule has 0 unspecified atom stereocenters. The number of halogens is 2. The number of anilines is 1. The lowest BCUT2D eigenvalue weighted by molar-refractivity contribution is 1.07. The molecule has 0 bridgehead atoms. The third-order valence-electron chi connectivity index (χ3n) is 2.06.